The van der Waals surface area contributed by atoms with Crippen LogP contribution in [0.2, 0.25) is 0 Å². The molecule has 0 radical (unpaired) electrons. The van der Waals surface area contributed by atoms with E-state index in [4.69, 9.17) is 13.9 Å². The van der Waals surface area contributed by atoms with Gasteiger partial charge in [-0.25, -0.2) is 0 Å². The fraction of sp³-hybridized carbons (Fsp3) is 0.0545. The number of furan rings is 1. The van der Waals surface area contributed by atoms with Crippen molar-refractivity contribution in [2.24, 2.45) is 0 Å². The Kier molecular flexibility index (Phi) is 7.78. The molecule has 1 atom stereocenters. The molecule has 10 aromatic rings. The zero-order valence-corrected chi connectivity index (χ0v) is 33.8. The summed E-state index contributed by atoms with van der Waals surface area (Å²) in [6.07, 6.45) is 0. The quantitative estimate of drug-likeness (QED) is 0.168. The van der Waals surface area contributed by atoms with Crippen molar-refractivity contribution in [2.45, 2.75) is 22.1 Å². The lowest BCUT2D eigenvalue weighted by molar-refractivity contribution is 0.414. The van der Waals surface area contributed by atoms with Gasteiger partial charge in [0.1, 0.15) is 28.4 Å². The third-order valence-corrected chi connectivity index (χ3v) is 13.5. The minimum atomic E-state index is -0.658. The van der Waals surface area contributed by atoms with E-state index in [2.05, 4.69) is 188 Å². The third-order valence-electron chi connectivity index (χ3n) is 12.4. The van der Waals surface area contributed by atoms with E-state index in [1.807, 2.05) is 12.1 Å². The van der Waals surface area contributed by atoms with Crippen LogP contribution in [0.25, 0.3) is 43.8 Å². The topological polar surface area (TPSA) is 34.8 Å². The van der Waals surface area contributed by atoms with Crippen LogP contribution in [0.4, 0.5) is 17.1 Å². The molecule has 12 rings (SSSR count). The van der Waals surface area contributed by atoms with Crippen LogP contribution >= 0.6 is 11.8 Å². The number of benzene rings is 9. The van der Waals surface area contributed by atoms with Gasteiger partial charge in [-0.2, -0.15) is 0 Å². The Morgan fingerprint density at radius 1 is 0.550 bits per heavy atom. The molecule has 5 heteroatoms. The van der Waals surface area contributed by atoms with E-state index in [-0.39, 0.29) is 0 Å². The molecule has 0 N–H and O–H groups in total. The monoisotopic (exact) mass is 791 g/mol. The van der Waals surface area contributed by atoms with Crippen LogP contribution in [-0.4, -0.2) is 7.11 Å². The van der Waals surface area contributed by atoms with E-state index in [1.54, 1.807) is 18.9 Å². The highest BCUT2D eigenvalue weighted by Crippen LogP contribution is 2.63. The van der Waals surface area contributed by atoms with Crippen LogP contribution < -0.4 is 14.4 Å². The van der Waals surface area contributed by atoms with E-state index < -0.39 is 5.41 Å². The van der Waals surface area contributed by atoms with Gasteiger partial charge in [-0.3, -0.25) is 0 Å². The van der Waals surface area contributed by atoms with E-state index >= 15 is 0 Å². The molecule has 1 unspecified atom stereocenters. The van der Waals surface area contributed by atoms with Crippen molar-refractivity contribution in [1.29, 1.82) is 0 Å². The largest absolute Gasteiger partial charge is 0.497 e. The molecule has 4 nitrogen and oxygen atoms in total. The lowest BCUT2D eigenvalue weighted by Gasteiger charge is -2.36. The van der Waals surface area contributed by atoms with Crippen LogP contribution in [0.1, 0.15) is 27.8 Å². The lowest BCUT2D eigenvalue weighted by atomic mass is 9.66. The number of fused-ring (bicyclic) bond motifs is 10. The molecule has 60 heavy (non-hydrogen) atoms. The van der Waals surface area contributed by atoms with Crippen molar-refractivity contribution in [1.82, 2.24) is 0 Å². The van der Waals surface area contributed by atoms with Crippen molar-refractivity contribution >= 4 is 61.5 Å². The highest BCUT2D eigenvalue weighted by Gasteiger charge is 2.49. The van der Waals surface area contributed by atoms with Crippen molar-refractivity contribution in [2.75, 3.05) is 12.0 Å². The van der Waals surface area contributed by atoms with Gasteiger partial charge in [-0.1, -0.05) is 139 Å². The second kappa shape index (κ2) is 13.4. The van der Waals surface area contributed by atoms with E-state index in [9.17, 15) is 0 Å². The zero-order chi connectivity index (χ0) is 40.0. The minimum Gasteiger partial charge on any atom is -0.497 e. The number of para-hydroxylation sites is 2. The van der Waals surface area contributed by atoms with E-state index in [0.29, 0.717) is 0 Å². The standard InChI is InChI=1S/C55H37NO3S/c1-34-25-27-35(28-26-34)55(43-18-7-6-15-40(43)52-44(55)31-32-51-54(52)59-47-22-8-9-24-50(47)60-51)42-19-10-17-39-38(42)16-11-20-45(39)56(36-13-4-3-5-14-36)46-21-12-23-48-53(46)41-30-29-37(57-2)33-49(41)58-48/h3-33H,1-2H3. The SMILES string of the molecule is COc1ccc2c(c1)oc1cccc(N(c3ccccc3)c3cccc4c(C5(c6ccc(C)cc6)c6ccccc6-c6c5ccc5c6Oc6ccccc6S5)cccc34)c12. The Morgan fingerprint density at radius 2 is 1.30 bits per heavy atom. The van der Waals surface area contributed by atoms with Crippen molar-refractivity contribution < 1.29 is 13.9 Å². The molecule has 2 aliphatic rings. The summed E-state index contributed by atoms with van der Waals surface area (Å²) in [5, 5.41) is 4.39. The highest BCUT2D eigenvalue weighted by molar-refractivity contribution is 7.99. The van der Waals surface area contributed by atoms with Crippen LogP contribution in [0, 0.1) is 6.92 Å². The van der Waals surface area contributed by atoms with Crippen molar-refractivity contribution in [3.05, 3.63) is 216 Å². The summed E-state index contributed by atoms with van der Waals surface area (Å²) < 4.78 is 19.0. The Bertz CT molecular complexity index is 3330. The minimum absolute atomic E-state index is 0.658. The molecule has 286 valence electrons. The van der Waals surface area contributed by atoms with Crippen LogP contribution in [0.5, 0.6) is 17.2 Å². The summed E-state index contributed by atoms with van der Waals surface area (Å²) in [7, 11) is 1.69. The number of hydrogen-bond acceptors (Lipinski definition) is 5. The molecule has 2 heterocycles. The predicted molar refractivity (Wildman–Crippen MR) is 245 cm³/mol. The first-order valence-corrected chi connectivity index (χ1v) is 21.1. The fourth-order valence-corrected chi connectivity index (χ4v) is 10.8. The molecule has 1 aromatic heterocycles. The number of aryl methyl sites for hydroxylation is 1. The molecule has 0 bridgehead atoms. The molecule has 1 aliphatic carbocycles. The molecule has 0 saturated carbocycles. The number of ether oxygens (including phenoxy) is 2. The Labute approximate surface area is 352 Å². The number of anilines is 3. The van der Waals surface area contributed by atoms with Gasteiger partial charge in [-0.05, 0) is 101 Å². The Balaban J connectivity index is 1.15. The second-order valence-corrected chi connectivity index (χ2v) is 16.7. The number of rotatable bonds is 6. The third kappa shape index (κ3) is 4.99. The number of methoxy groups -OCH3 is 1. The Hall–Kier alpha value is -7.21. The van der Waals surface area contributed by atoms with Gasteiger partial charge >= 0.3 is 0 Å². The molecule has 0 saturated heterocycles. The van der Waals surface area contributed by atoms with Gasteiger partial charge in [0, 0.05) is 28.1 Å². The van der Waals surface area contributed by atoms with Gasteiger partial charge < -0.3 is 18.8 Å². The van der Waals surface area contributed by atoms with Gasteiger partial charge in [0.25, 0.3) is 0 Å². The summed E-state index contributed by atoms with van der Waals surface area (Å²) in [4.78, 5) is 4.64. The average molecular weight is 792 g/mol. The summed E-state index contributed by atoms with van der Waals surface area (Å²) in [5.74, 6) is 2.58. The summed E-state index contributed by atoms with van der Waals surface area (Å²) in [6, 6.07) is 67.7. The van der Waals surface area contributed by atoms with E-state index in [0.717, 1.165) is 77.0 Å². The normalized spacial score (nSPS) is 15.0. The van der Waals surface area contributed by atoms with E-state index in [1.165, 1.54) is 38.8 Å². The van der Waals surface area contributed by atoms with Crippen molar-refractivity contribution in [3.63, 3.8) is 0 Å². The fourth-order valence-electron chi connectivity index (χ4n) is 9.81. The smallest absolute Gasteiger partial charge is 0.149 e. The molecular weight excluding hydrogens is 755 g/mol. The molecule has 0 amide bonds. The number of hydrogen-bond donors (Lipinski definition) is 0. The maximum atomic E-state index is 6.93. The zero-order valence-electron chi connectivity index (χ0n) is 33.0. The summed E-state index contributed by atoms with van der Waals surface area (Å²) in [5.41, 5.74) is 12.6. The van der Waals surface area contributed by atoms with Crippen LogP contribution in [0.15, 0.2) is 202 Å². The van der Waals surface area contributed by atoms with Crippen LogP contribution in [0.3, 0.4) is 0 Å². The molecular formula is C55H37NO3S. The second-order valence-electron chi connectivity index (χ2n) is 15.6. The molecule has 0 fully saturated rings. The number of nitrogens with zero attached hydrogens (tertiary/aromatic N) is 1. The Morgan fingerprint density at radius 3 is 2.18 bits per heavy atom. The summed E-state index contributed by atoms with van der Waals surface area (Å²) >= 11 is 1.78. The maximum Gasteiger partial charge on any atom is 0.149 e. The van der Waals surface area contributed by atoms with Gasteiger partial charge in [0.15, 0.2) is 0 Å². The highest BCUT2D eigenvalue weighted by atomic mass is 32.2. The van der Waals surface area contributed by atoms with Gasteiger partial charge in [-0.15, -0.1) is 0 Å². The lowest BCUT2D eigenvalue weighted by Crippen LogP contribution is -2.29. The van der Waals surface area contributed by atoms with Crippen molar-refractivity contribution in [3.8, 4) is 28.4 Å². The first kappa shape index (κ1) is 34.8. The first-order chi connectivity index (χ1) is 29.6. The van der Waals surface area contributed by atoms with Crippen LogP contribution in [-0.2, 0) is 5.41 Å². The average Bonchev–Trinajstić information content (AvgIpc) is 3.83. The van der Waals surface area contributed by atoms with Gasteiger partial charge in [0.05, 0.1) is 39.1 Å². The predicted octanol–water partition coefficient (Wildman–Crippen LogP) is 15.1. The van der Waals surface area contributed by atoms with Gasteiger partial charge in [0.2, 0.25) is 0 Å². The molecule has 0 spiro atoms. The summed E-state index contributed by atoms with van der Waals surface area (Å²) in [6.45, 7) is 2.16. The molecule has 9 aromatic carbocycles. The maximum absolute atomic E-state index is 6.93. The first-order valence-electron chi connectivity index (χ1n) is 20.3. The molecule has 1 aliphatic heterocycles.